The SMILES string of the molecule is O=C1CCCC(=O)N1CCCCBr. The first-order chi connectivity index (χ1) is 6.25. The van der Waals surface area contributed by atoms with Crippen LogP contribution in [-0.4, -0.2) is 28.6 Å². The van der Waals surface area contributed by atoms with E-state index < -0.39 is 0 Å². The summed E-state index contributed by atoms with van der Waals surface area (Å²) in [5.74, 6) is 0.0108. The first-order valence-electron chi connectivity index (χ1n) is 4.65. The maximum absolute atomic E-state index is 11.3. The van der Waals surface area contributed by atoms with Gasteiger partial charge in [0.05, 0.1) is 0 Å². The molecule has 1 aliphatic heterocycles. The monoisotopic (exact) mass is 247 g/mol. The number of hydrogen-bond donors (Lipinski definition) is 0. The fraction of sp³-hybridized carbons (Fsp3) is 0.778. The molecule has 0 N–H and O–H groups in total. The number of unbranched alkanes of at least 4 members (excludes halogenated alkanes) is 1. The number of alkyl halides is 1. The van der Waals surface area contributed by atoms with E-state index in [1.54, 1.807) is 0 Å². The third kappa shape index (κ3) is 3.10. The summed E-state index contributed by atoms with van der Waals surface area (Å²) in [4.78, 5) is 24.0. The Balaban J connectivity index is 2.35. The van der Waals surface area contributed by atoms with E-state index in [-0.39, 0.29) is 11.8 Å². The van der Waals surface area contributed by atoms with Crippen LogP contribution in [0.3, 0.4) is 0 Å². The Morgan fingerprint density at radius 1 is 1.15 bits per heavy atom. The molecule has 1 aliphatic rings. The zero-order chi connectivity index (χ0) is 9.68. The molecule has 0 radical (unpaired) electrons. The highest BCUT2D eigenvalue weighted by atomic mass is 79.9. The fourth-order valence-electron chi connectivity index (χ4n) is 1.41. The van der Waals surface area contributed by atoms with Crippen LogP contribution in [0.2, 0.25) is 0 Å². The lowest BCUT2D eigenvalue weighted by atomic mass is 10.1. The van der Waals surface area contributed by atoms with E-state index in [4.69, 9.17) is 0 Å². The van der Waals surface area contributed by atoms with Crippen LogP contribution in [0.15, 0.2) is 0 Å². The van der Waals surface area contributed by atoms with Crippen LogP contribution in [0, 0.1) is 0 Å². The Kier molecular flexibility index (Phi) is 4.42. The summed E-state index contributed by atoms with van der Waals surface area (Å²) in [6.07, 6.45) is 3.73. The van der Waals surface area contributed by atoms with Gasteiger partial charge in [0.15, 0.2) is 0 Å². The second-order valence-corrected chi connectivity index (χ2v) is 3.98. The standard InChI is InChI=1S/C9H14BrNO2/c10-6-1-2-7-11-8(12)4-3-5-9(11)13/h1-7H2. The van der Waals surface area contributed by atoms with Crippen molar-refractivity contribution in [1.82, 2.24) is 4.90 Å². The molecule has 2 amide bonds. The summed E-state index contributed by atoms with van der Waals surface area (Å²) in [6.45, 7) is 0.600. The summed E-state index contributed by atoms with van der Waals surface area (Å²) in [6, 6.07) is 0. The van der Waals surface area contributed by atoms with E-state index in [9.17, 15) is 9.59 Å². The molecule has 3 nitrogen and oxygen atoms in total. The first kappa shape index (κ1) is 10.7. The molecular weight excluding hydrogens is 234 g/mol. The summed E-state index contributed by atoms with van der Waals surface area (Å²) in [5.41, 5.74) is 0. The van der Waals surface area contributed by atoms with Gasteiger partial charge in [-0.1, -0.05) is 15.9 Å². The number of carbonyl (C=O) groups is 2. The number of imide groups is 1. The first-order valence-corrected chi connectivity index (χ1v) is 5.77. The normalized spacial score (nSPS) is 18.1. The second-order valence-electron chi connectivity index (χ2n) is 3.19. The minimum atomic E-state index is 0.00539. The highest BCUT2D eigenvalue weighted by Crippen LogP contribution is 2.12. The lowest BCUT2D eigenvalue weighted by molar-refractivity contribution is -0.147. The number of likely N-dealkylation sites (tertiary alicyclic amines) is 1. The average Bonchev–Trinajstić information content (AvgIpc) is 2.10. The summed E-state index contributed by atoms with van der Waals surface area (Å²) in [7, 11) is 0. The molecule has 0 unspecified atom stereocenters. The molecule has 0 aliphatic carbocycles. The van der Waals surface area contributed by atoms with Crippen molar-refractivity contribution >= 4 is 27.7 Å². The molecule has 0 aromatic heterocycles. The van der Waals surface area contributed by atoms with E-state index in [1.807, 2.05) is 0 Å². The number of carbonyl (C=O) groups excluding carboxylic acids is 2. The fourth-order valence-corrected chi connectivity index (χ4v) is 1.81. The van der Waals surface area contributed by atoms with Crippen molar-refractivity contribution < 1.29 is 9.59 Å². The van der Waals surface area contributed by atoms with Gasteiger partial charge in [0.25, 0.3) is 0 Å². The summed E-state index contributed by atoms with van der Waals surface area (Å²) >= 11 is 3.32. The largest absolute Gasteiger partial charge is 0.283 e. The van der Waals surface area contributed by atoms with Crippen LogP contribution in [0.4, 0.5) is 0 Å². The molecule has 0 saturated carbocycles. The molecular formula is C9H14BrNO2. The van der Waals surface area contributed by atoms with E-state index in [0.29, 0.717) is 19.4 Å². The summed E-state index contributed by atoms with van der Waals surface area (Å²) in [5, 5.41) is 0.934. The Hall–Kier alpha value is -0.380. The van der Waals surface area contributed by atoms with Gasteiger partial charge in [0, 0.05) is 24.7 Å². The Labute approximate surface area is 86.6 Å². The number of nitrogens with zero attached hydrogens (tertiary/aromatic N) is 1. The van der Waals surface area contributed by atoms with Crippen molar-refractivity contribution in [2.45, 2.75) is 32.1 Å². The van der Waals surface area contributed by atoms with Crippen molar-refractivity contribution in [2.24, 2.45) is 0 Å². The van der Waals surface area contributed by atoms with Crippen LogP contribution in [0.5, 0.6) is 0 Å². The van der Waals surface area contributed by atoms with Crippen LogP contribution < -0.4 is 0 Å². The van der Waals surface area contributed by atoms with Crippen LogP contribution in [0.1, 0.15) is 32.1 Å². The van der Waals surface area contributed by atoms with Gasteiger partial charge in [0.2, 0.25) is 11.8 Å². The highest BCUT2D eigenvalue weighted by Gasteiger charge is 2.24. The Morgan fingerprint density at radius 2 is 1.77 bits per heavy atom. The summed E-state index contributed by atoms with van der Waals surface area (Å²) < 4.78 is 0. The zero-order valence-electron chi connectivity index (χ0n) is 7.59. The number of piperidine rings is 1. The molecule has 1 rings (SSSR count). The minimum Gasteiger partial charge on any atom is -0.283 e. The van der Waals surface area contributed by atoms with Gasteiger partial charge in [-0.15, -0.1) is 0 Å². The third-order valence-corrected chi connectivity index (χ3v) is 2.71. The van der Waals surface area contributed by atoms with Gasteiger partial charge in [-0.05, 0) is 19.3 Å². The van der Waals surface area contributed by atoms with E-state index in [2.05, 4.69) is 15.9 Å². The number of halogens is 1. The molecule has 4 heteroatoms. The Morgan fingerprint density at radius 3 is 2.31 bits per heavy atom. The molecule has 1 heterocycles. The lowest BCUT2D eigenvalue weighted by Gasteiger charge is -2.24. The topological polar surface area (TPSA) is 37.4 Å². The molecule has 1 saturated heterocycles. The molecule has 0 atom stereocenters. The molecule has 0 bridgehead atoms. The number of amides is 2. The van der Waals surface area contributed by atoms with E-state index >= 15 is 0 Å². The molecule has 0 spiro atoms. The zero-order valence-corrected chi connectivity index (χ0v) is 9.18. The molecule has 74 valence electrons. The van der Waals surface area contributed by atoms with Gasteiger partial charge >= 0.3 is 0 Å². The molecule has 0 aromatic carbocycles. The van der Waals surface area contributed by atoms with Gasteiger partial charge < -0.3 is 0 Å². The molecule has 0 aromatic rings. The van der Waals surface area contributed by atoms with Gasteiger partial charge in [-0.3, -0.25) is 14.5 Å². The Bertz CT molecular complexity index is 190. The van der Waals surface area contributed by atoms with E-state index in [0.717, 1.165) is 24.6 Å². The van der Waals surface area contributed by atoms with Crippen LogP contribution in [0.25, 0.3) is 0 Å². The predicted octanol–water partition coefficient (Wildman–Crippen LogP) is 1.70. The predicted molar refractivity (Wildman–Crippen MR) is 53.6 cm³/mol. The van der Waals surface area contributed by atoms with Crippen molar-refractivity contribution in [3.63, 3.8) is 0 Å². The van der Waals surface area contributed by atoms with Crippen molar-refractivity contribution in [1.29, 1.82) is 0 Å². The van der Waals surface area contributed by atoms with Crippen molar-refractivity contribution in [3.05, 3.63) is 0 Å². The molecule has 13 heavy (non-hydrogen) atoms. The van der Waals surface area contributed by atoms with E-state index in [1.165, 1.54) is 4.90 Å². The highest BCUT2D eigenvalue weighted by molar-refractivity contribution is 9.09. The van der Waals surface area contributed by atoms with Gasteiger partial charge in [0.1, 0.15) is 0 Å². The number of hydrogen-bond acceptors (Lipinski definition) is 2. The molecule has 1 fully saturated rings. The maximum atomic E-state index is 11.3. The van der Waals surface area contributed by atoms with Crippen LogP contribution >= 0.6 is 15.9 Å². The van der Waals surface area contributed by atoms with Crippen molar-refractivity contribution in [3.8, 4) is 0 Å². The average molecular weight is 248 g/mol. The van der Waals surface area contributed by atoms with Crippen LogP contribution in [-0.2, 0) is 9.59 Å². The van der Waals surface area contributed by atoms with Crippen molar-refractivity contribution in [2.75, 3.05) is 11.9 Å². The smallest absolute Gasteiger partial charge is 0.229 e. The number of rotatable bonds is 4. The lowest BCUT2D eigenvalue weighted by Crippen LogP contribution is -2.40. The quantitative estimate of drug-likeness (QED) is 0.431. The minimum absolute atomic E-state index is 0.00539. The van der Waals surface area contributed by atoms with Gasteiger partial charge in [-0.2, -0.15) is 0 Å². The second kappa shape index (κ2) is 5.37. The third-order valence-electron chi connectivity index (χ3n) is 2.15. The maximum Gasteiger partial charge on any atom is 0.229 e. The van der Waals surface area contributed by atoms with Gasteiger partial charge in [-0.25, -0.2) is 0 Å².